The second-order valence-corrected chi connectivity index (χ2v) is 7.74. The van der Waals surface area contributed by atoms with Crippen LogP contribution in [0.25, 0.3) is 16.9 Å². The Hall–Kier alpha value is -4.17. The van der Waals surface area contributed by atoms with E-state index >= 15 is 0 Å². The summed E-state index contributed by atoms with van der Waals surface area (Å²) in [5.74, 6) is 0. The van der Waals surface area contributed by atoms with Crippen molar-refractivity contribution < 1.29 is 4.74 Å². The lowest BCUT2D eigenvalue weighted by atomic mass is 10.0. The minimum atomic E-state index is -0.376. The molecule has 0 saturated carbocycles. The molecule has 4 aromatic rings. The van der Waals surface area contributed by atoms with Crippen LogP contribution in [0.3, 0.4) is 0 Å². The molecule has 0 radical (unpaired) electrons. The molecule has 0 fully saturated rings. The second-order valence-electron chi connectivity index (χ2n) is 7.31. The summed E-state index contributed by atoms with van der Waals surface area (Å²) in [5, 5.41) is 19.3. The molecule has 8 heteroatoms. The quantitative estimate of drug-likeness (QED) is 0.430. The van der Waals surface area contributed by atoms with Gasteiger partial charge in [-0.2, -0.15) is 10.5 Å². The monoisotopic (exact) mass is 455 g/mol. The van der Waals surface area contributed by atoms with Gasteiger partial charge in [-0.05, 0) is 24.3 Å². The predicted molar refractivity (Wildman–Crippen MR) is 124 cm³/mol. The van der Waals surface area contributed by atoms with E-state index in [9.17, 15) is 15.3 Å². The molecule has 2 heterocycles. The van der Waals surface area contributed by atoms with Gasteiger partial charge in [-0.25, -0.2) is 4.98 Å². The molecule has 2 aromatic heterocycles. The largest absolute Gasteiger partial charge is 0.369 e. The van der Waals surface area contributed by atoms with Crippen LogP contribution in [0.4, 0.5) is 0 Å². The highest BCUT2D eigenvalue weighted by Gasteiger charge is 2.15. The highest BCUT2D eigenvalue weighted by molar-refractivity contribution is 6.30. The maximum absolute atomic E-state index is 12.3. The Morgan fingerprint density at radius 2 is 1.82 bits per heavy atom. The summed E-state index contributed by atoms with van der Waals surface area (Å²) < 4.78 is 9.54. The number of nitrogens with zero attached hydrogens (tertiary/aromatic N) is 5. The van der Waals surface area contributed by atoms with Crippen molar-refractivity contribution in [2.45, 2.75) is 13.2 Å². The van der Waals surface area contributed by atoms with E-state index in [1.54, 1.807) is 41.2 Å². The van der Waals surface area contributed by atoms with E-state index in [0.717, 1.165) is 11.3 Å². The van der Waals surface area contributed by atoms with Crippen LogP contribution in [-0.2, 0) is 25.0 Å². The van der Waals surface area contributed by atoms with Crippen LogP contribution in [0.1, 0.15) is 22.5 Å². The van der Waals surface area contributed by atoms with Gasteiger partial charge in [-0.15, -0.1) is 0 Å². The highest BCUT2D eigenvalue weighted by Crippen LogP contribution is 2.26. The molecule has 162 valence electrons. The number of nitriles is 2. The number of hydrogen-bond acceptors (Lipinski definition) is 5. The van der Waals surface area contributed by atoms with Crippen molar-refractivity contribution in [2.24, 2.45) is 7.05 Å². The van der Waals surface area contributed by atoms with Crippen molar-refractivity contribution in [3.05, 3.63) is 105 Å². The van der Waals surface area contributed by atoms with Gasteiger partial charge in [0.15, 0.2) is 5.43 Å². The number of pyridine rings is 1. The van der Waals surface area contributed by atoms with Crippen LogP contribution in [0.2, 0.25) is 5.02 Å². The van der Waals surface area contributed by atoms with Crippen molar-refractivity contribution in [1.82, 2.24) is 14.1 Å². The third-order valence-corrected chi connectivity index (χ3v) is 5.42. The standard InChI is InChI=1S/C25H18ClN5O2/c1-30-16-29-25(22-8-3-2-5-17(22)11-27)23(30)15-33-14-21-10-24(32)18(12-28)13-31(21)20-7-4-6-19(26)9-20/h2-10,13,16H,14-15H2,1H3. The smallest absolute Gasteiger partial charge is 0.199 e. The van der Waals surface area contributed by atoms with E-state index in [-0.39, 0.29) is 24.2 Å². The summed E-state index contributed by atoms with van der Waals surface area (Å²) in [7, 11) is 1.85. The van der Waals surface area contributed by atoms with E-state index in [4.69, 9.17) is 16.3 Å². The number of aryl methyl sites for hydroxylation is 1. The molecule has 0 amide bonds. The maximum atomic E-state index is 12.3. The number of halogens is 1. The van der Waals surface area contributed by atoms with Crippen LogP contribution in [-0.4, -0.2) is 14.1 Å². The molecule has 0 saturated heterocycles. The Kier molecular flexibility index (Phi) is 6.37. The van der Waals surface area contributed by atoms with E-state index in [1.165, 1.54) is 12.3 Å². The van der Waals surface area contributed by atoms with Gasteiger partial charge < -0.3 is 13.9 Å². The zero-order chi connectivity index (χ0) is 23.4. The predicted octanol–water partition coefficient (Wildman–Crippen LogP) is 4.35. The Morgan fingerprint density at radius 1 is 1.03 bits per heavy atom. The molecule has 33 heavy (non-hydrogen) atoms. The molecule has 2 aromatic carbocycles. The number of ether oxygens (including phenoxy) is 1. The summed E-state index contributed by atoms with van der Waals surface area (Å²) in [5.41, 5.74) is 3.65. The molecule has 0 N–H and O–H groups in total. The van der Waals surface area contributed by atoms with Gasteiger partial charge in [-0.1, -0.05) is 35.9 Å². The van der Waals surface area contributed by atoms with Crippen LogP contribution in [0.5, 0.6) is 0 Å². The minimum absolute atomic E-state index is 0.0285. The second kappa shape index (κ2) is 9.54. The number of hydrogen-bond donors (Lipinski definition) is 0. The molecular weight excluding hydrogens is 438 g/mol. The fourth-order valence-corrected chi connectivity index (χ4v) is 3.71. The first-order valence-corrected chi connectivity index (χ1v) is 10.4. The summed E-state index contributed by atoms with van der Waals surface area (Å²) in [6.45, 7) is 0.313. The Bertz CT molecular complexity index is 1470. The molecular formula is C25H18ClN5O2. The Labute approximate surface area is 195 Å². The molecule has 0 aliphatic carbocycles. The normalized spacial score (nSPS) is 10.5. The highest BCUT2D eigenvalue weighted by atomic mass is 35.5. The van der Waals surface area contributed by atoms with E-state index in [2.05, 4.69) is 11.1 Å². The summed E-state index contributed by atoms with van der Waals surface area (Å²) in [6.07, 6.45) is 3.16. The number of rotatable bonds is 6. The topological polar surface area (TPSA) is 96.6 Å². The van der Waals surface area contributed by atoms with Gasteiger partial charge in [0, 0.05) is 35.6 Å². The zero-order valence-electron chi connectivity index (χ0n) is 17.7. The van der Waals surface area contributed by atoms with Gasteiger partial charge in [0.05, 0.1) is 48.3 Å². The lowest BCUT2D eigenvalue weighted by Gasteiger charge is -2.15. The molecule has 7 nitrogen and oxygen atoms in total. The van der Waals surface area contributed by atoms with Crippen molar-refractivity contribution in [1.29, 1.82) is 10.5 Å². The average molecular weight is 456 g/mol. The van der Waals surface area contributed by atoms with Gasteiger partial charge in [0.1, 0.15) is 11.6 Å². The summed E-state index contributed by atoms with van der Waals surface area (Å²) in [6, 6.07) is 19.9. The molecule has 4 rings (SSSR count). The van der Waals surface area contributed by atoms with Crippen molar-refractivity contribution in [3.63, 3.8) is 0 Å². The van der Waals surface area contributed by atoms with Gasteiger partial charge >= 0.3 is 0 Å². The molecule has 0 unspecified atom stereocenters. The van der Waals surface area contributed by atoms with Gasteiger partial charge in [0.25, 0.3) is 0 Å². The number of aromatic nitrogens is 3. The number of benzene rings is 2. The first-order chi connectivity index (χ1) is 16.0. The minimum Gasteiger partial charge on any atom is -0.369 e. The molecule has 0 aliphatic rings. The first kappa shape index (κ1) is 22.0. The van der Waals surface area contributed by atoms with E-state index in [1.807, 2.05) is 35.9 Å². The number of imidazole rings is 1. The molecule has 0 spiro atoms. The third kappa shape index (κ3) is 4.56. The van der Waals surface area contributed by atoms with Crippen LogP contribution in [0, 0.1) is 22.7 Å². The van der Waals surface area contributed by atoms with Gasteiger partial charge in [-0.3, -0.25) is 4.79 Å². The van der Waals surface area contributed by atoms with Crippen molar-refractivity contribution in [3.8, 4) is 29.1 Å². The van der Waals surface area contributed by atoms with Crippen molar-refractivity contribution in [2.75, 3.05) is 0 Å². The van der Waals surface area contributed by atoms with E-state index < -0.39 is 0 Å². The van der Waals surface area contributed by atoms with Crippen LogP contribution >= 0.6 is 11.6 Å². The SMILES string of the molecule is Cn1cnc(-c2ccccc2C#N)c1COCc1cc(=O)c(C#N)cn1-c1cccc(Cl)c1. The summed E-state index contributed by atoms with van der Waals surface area (Å²) in [4.78, 5) is 16.8. The zero-order valence-corrected chi connectivity index (χ0v) is 18.5. The fourth-order valence-electron chi connectivity index (χ4n) is 3.53. The lowest BCUT2D eigenvalue weighted by Crippen LogP contribution is -2.15. The summed E-state index contributed by atoms with van der Waals surface area (Å²) >= 11 is 6.14. The fraction of sp³-hybridized carbons (Fsp3) is 0.120. The molecule has 0 atom stereocenters. The average Bonchev–Trinajstić information content (AvgIpc) is 3.19. The van der Waals surface area contributed by atoms with Crippen molar-refractivity contribution >= 4 is 11.6 Å². The molecule has 0 bridgehead atoms. The Balaban J connectivity index is 1.64. The molecule has 0 aliphatic heterocycles. The Morgan fingerprint density at radius 3 is 2.58 bits per heavy atom. The maximum Gasteiger partial charge on any atom is 0.199 e. The van der Waals surface area contributed by atoms with Gasteiger partial charge in [0.2, 0.25) is 0 Å². The van der Waals surface area contributed by atoms with Crippen LogP contribution in [0.15, 0.2) is 71.9 Å². The third-order valence-electron chi connectivity index (χ3n) is 5.19. The first-order valence-electron chi connectivity index (χ1n) is 10.0. The van der Waals surface area contributed by atoms with E-state index in [0.29, 0.717) is 27.7 Å². The lowest BCUT2D eigenvalue weighted by molar-refractivity contribution is 0.0991. The van der Waals surface area contributed by atoms with Crippen LogP contribution < -0.4 is 5.43 Å².